The Kier molecular flexibility index (Phi) is 5.81. The molecule has 0 radical (unpaired) electrons. The van der Waals surface area contributed by atoms with Crippen LogP contribution in [0.15, 0.2) is 47.1 Å². The lowest BCUT2D eigenvalue weighted by Gasteiger charge is -2.07. The van der Waals surface area contributed by atoms with E-state index in [4.69, 9.17) is 20.8 Å². The van der Waals surface area contributed by atoms with Gasteiger partial charge in [-0.3, -0.25) is 9.59 Å². The number of carbonyl (C=O) groups excluding carboxylic acids is 2. The van der Waals surface area contributed by atoms with E-state index in [0.29, 0.717) is 11.6 Å². The molecule has 0 unspecified atom stereocenters. The van der Waals surface area contributed by atoms with Crippen LogP contribution in [-0.2, 0) is 27.3 Å². The Labute approximate surface area is 162 Å². The smallest absolute Gasteiger partial charge is 0.310 e. The summed E-state index contributed by atoms with van der Waals surface area (Å²) in [5, 5.41) is 4.22. The lowest BCUT2D eigenvalue weighted by Crippen LogP contribution is -2.28. The second-order valence-corrected chi connectivity index (χ2v) is 6.82. The molecule has 6 heteroatoms. The number of nitrogens with one attached hydrogen (secondary N) is 1. The number of amides is 1. The number of benzene rings is 2. The Hall–Kier alpha value is -2.79. The number of esters is 1. The molecule has 2 aromatic carbocycles. The molecule has 3 rings (SSSR count). The first-order chi connectivity index (χ1) is 12.9. The van der Waals surface area contributed by atoms with E-state index in [0.717, 1.165) is 33.2 Å². The van der Waals surface area contributed by atoms with E-state index < -0.39 is 5.97 Å². The summed E-state index contributed by atoms with van der Waals surface area (Å²) in [6, 6.07) is 11.1. The van der Waals surface area contributed by atoms with Crippen LogP contribution in [0.5, 0.6) is 0 Å². The number of fused-ring (bicyclic) bond motifs is 1. The number of carbonyl (C=O) groups is 2. The van der Waals surface area contributed by atoms with Crippen LogP contribution in [0.25, 0.3) is 11.0 Å². The molecular weight excluding hydrogens is 366 g/mol. The van der Waals surface area contributed by atoms with Crippen LogP contribution in [0.4, 0.5) is 0 Å². The van der Waals surface area contributed by atoms with Crippen LogP contribution < -0.4 is 5.32 Å². The highest BCUT2D eigenvalue weighted by Crippen LogP contribution is 2.26. The number of ether oxygens (including phenoxy) is 1. The first-order valence-corrected chi connectivity index (χ1v) is 8.95. The van der Waals surface area contributed by atoms with E-state index in [2.05, 4.69) is 5.32 Å². The van der Waals surface area contributed by atoms with E-state index in [1.165, 1.54) is 0 Å². The van der Waals surface area contributed by atoms with Crippen molar-refractivity contribution in [2.75, 3.05) is 6.61 Å². The highest BCUT2D eigenvalue weighted by Gasteiger charge is 2.14. The molecular formula is C21H20ClNO4. The number of hydrogen-bond acceptors (Lipinski definition) is 4. The lowest BCUT2D eigenvalue weighted by molar-refractivity contribution is -0.147. The van der Waals surface area contributed by atoms with Gasteiger partial charge in [-0.05, 0) is 42.7 Å². The number of aryl methyl sites for hydroxylation is 2. The molecule has 0 aliphatic rings. The first-order valence-electron chi connectivity index (χ1n) is 8.57. The third-order valence-corrected chi connectivity index (χ3v) is 4.70. The van der Waals surface area contributed by atoms with Gasteiger partial charge < -0.3 is 14.5 Å². The fourth-order valence-corrected chi connectivity index (χ4v) is 2.86. The van der Waals surface area contributed by atoms with E-state index in [1.807, 2.05) is 38.1 Å². The molecule has 0 saturated carbocycles. The molecule has 3 aromatic rings. The molecule has 1 heterocycles. The molecule has 1 aromatic heterocycles. The van der Waals surface area contributed by atoms with Gasteiger partial charge in [-0.1, -0.05) is 35.9 Å². The average molecular weight is 386 g/mol. The number of hydrogen-bond donors (Lipinski definition) is 1. The van der Waals surface area contributed by atoms with Crippen molar-refractivity contribution in [2.45, 2.75) is 26.8 Å². The Bertz CT molecular complexity index is 976. The van der Waals surface area contributed by atoms with Gasteiger partial charge in [0.25, 0.3) is 5.91 Å². The maximum atomic E-state index is 12.1. The SMILES string of the molecule is Cc1ccc2c(CC(=O)OCC(=O)NCc3ccc(Cl)cc3)coc2c1C. The minimum Gasteiger partial charge on any atom is -0.464 e. The molecule has 1 amide bonds. The molecule has 140 valence electrons. The van der Waals surface area contributed by atoms with Crippen molar-refractivity contribution in [2.24, 2.45) is 0 Å². The van der Waals surface area contributed by atoms with Crippen LogP contribution >= 0.6 is 11.6 Å². The normalized spacial score (nSPS) is 10.8. The minimum atomic E-state index is -0.474. The zero-order valence-corrected chi connectivity index (χ0v) is 15.9. The predicted octanol–water partition coefficient (Wildman–Crippen LogP) is 4.11. The summed E-state index contributed by atoms with van der Waals surface area (Å²) in [5.74, 6) is -0.834. The van der Waals surface area contributed by atoms with Crippen LogP contribution in [0, 0.1) is 13.8 Å². The molecule has 0 fully saturated rings. The van der Waals surface area contributed by atoms with Crippen molar-refractivity contribution in [3.63, 3.8) is 0 Å². The van der Waals surface area contributed by atoms with Gasteiger partial charge in [-0.15, -0.1) is 0 Å². The minimum absolute atomic E-state index is 0.0555. The fourth-order valence-electron chi connectivity index (χ4n) is 2.73. The maximum absolute atomic E-state index is 12.1. The standard InChI is InChI=1S/C21H20ClNO4/c1-13-3-8-18-16(11-27-21(18)14(13)2)9-20(25)26-12-19(24)23-10-15-4-6-17(22)7-5-15/h3-8,11H,9-10,12H2,1-2H3,(H,23,24). The van der Waals surface area contributed by atoms with E-state index in [1.54, 1.807) is 18.4 Å². The molecule has 0 atom stereocenters. The van der Waals surface area contributed by atoms with E-state index in [9.17, 15) is 9.59 Å². The molecule has 27 heavy (non-hydrogen) atoms. The van der Waals surface area contributed by atoms with E-state index >= 15 is 0 Å². The summed E-state index contributed by atoms with van der Waals surface area (Å²) < 4.78 is 10.7. The van der Waals surface area contributed by atoms with Gasteiger partial charge in [0.2, 0.25) is 0 Å². The Balaban J connectivity index is 1.50. The first kappa shape index (κ1) is 19.0. The summed E-state index contributed by atoms with van der Waals surface area (Å²) in [4.78, 5) is 23.9. The van der Waals surface area contributed by atoms with Crippen molar-refractivity contribution in [1.29, 1.82) is 0 Å². The summed E-state index contributed by atoms with van der Waals surface area (Å²) in [6.45, 7) is 4.01. The average Bonchev–Trinajstić information content (AvgIpc) is 3.06. The summed E-state index contributed by atoms with van der Waals surface area (Å²) in [6.07, 6.45) is 1.62. The van der Waals surface area contributed by atoms with Crippen LogP contribution in [0.1, 0.15) is 22.3 Å². The molecule has 0 aliphatic heterocycles. The maximum Gasteiger partial charge on any atom is 0.310 e. The number of rotatable bonds is 6. The predicted molar refractivity (Wildman–Crippen MR) is 104 cm³/mol. The number of furan rings is 1. The molecule has 0 spiro atoms. The number of halogens is 1. The van der Waals surface area contributed by atoms with Gasteiger partial charge in [-0.2, -0.15) is 0 Å². The quantitative estimate of drug-likeness (QED) is 0.648. The largest absolute Gasteiger partial charge is 0.464 e. The zero-order valence-electron chi connectivity index (χ0n) is 15.2. The monoisotopic (exact) mass is 385 g/mol. The van der Waals surface area contributed by atoms with Crippen LogP contribution in [0.2, 0.25) is 5.02 Å². The molecule has 0 saturated heterocycles. The second-order valence-electron chi connectivity index (χ2n) is 6.39. The van der Waals surface area contributed by atoms with Gasteiger partial charge >= 0.3 is 5.97 Å². The molecule has 5 nitrogen and oxygen atoms in total. The Morgan fingerprint density at radius 3 is 2.59 bits per heavy atom. The molecule has 0 bridgehead atoms. The van der Waals surface area contributed by atoms with Gasteiger partial charge in [-0.25, -0.2) is 0 Å². The Morgan fingerprint density at radius 2 is 1.85 bits per heavy atom. The molecule has 1 N–H and O–H groups in total. The van der Waals surface area contributed by atoms with Crippen molar-refractivity contribution in [3.8, 4) is 0 Å². The summed E-state index contributed by atoms with van der Waals surface area (Å²) in [7, 11) is 0. The van der Waals surface area contributed by atoms with Gasteiger partial charge in [0.05, 0.1) is 12.7 Å². The highest BCUT2D eigenvalue weighted by molar-refractivity contribution is 6.30. The van der Waals surface area contributed by atoms with Crippen molar-refractivity contribution in [1.82, 2.24) is 5.32 Å². The van der Waals surface area contributed by atoms with Gasteiger partial charge in [0.1, 0.15) is 5.58 Å². The van der Waals surface area contributed by atoms with E-state index in [-0.39, 0.29) is 18.9 Å². The highest BCUT2D eigenvalue weighted by atomic mass is 35.5. The Morgan fingerprint density at radius 1 is 1.11 bits per heavy atom. The third-order valence-electron chi connectivity index (χ3n) is 4.44. The lowest BCUT2D eigenvalue weighted by atomic mass is 10.0. The summed E-state index contributed by atoms with van der Waals surface area (Å²) >= 11 is 5.82. The summed E-state index contributed by atoms with van der Waals surface area (Å²) in [5.41, 5.74) is 4.62. The van der Waals surface area contributed by atoms with Gasteiger partial charge in [0, 0.05) is 22.5 Å². The van der Waals surface area contributed by atoms with Crippen molar-refractivity contribution in [3.05, 3.63) is 69.9 Å². The van der Waals surface area contributed by atoms with Crippen LogP contribution in [-0.4, -0.2) is 18.5 Å². The van der Waals surface area contributed by atoms with Crippen LogP contribution in [0.3, 0.4) is 0 Å². The molecule has 0 aliphatic carbocycles. The van der Waals surface area contributed by atoms with Crippen molar-refractivity contribution >= 4 is 34.4 Å². The second kappa shape index (κ2) is 8.27. The van der Waals surface area contributed by atoms with Gasteiger partial charge in [0.15, 0.2) is 6.61 Å². The fraction of sp³-hybridized carbons (Fsp3) is 0.238. The zero-order chi connectivity index (χ0) is 19.4. The third kappa shape index (κ3) is 4.68. The van der Waals surface area contributed by atoms with Crippen molar-refractivity contribution < 1.29 is 18.7 Å². The topological polar surface area (TPSA) is 68.5 Å².